The number of ether oxygens (including phenoxy) is 1. The molecule has 1 fully saturated rings. The van der Waals surface area contributed by atoms with Crippen molar-refractivity contribution >= 4 is 10.0 Å². The lowest BCUT2D eigenvalue weighted by molar-refractivity contribution is 0.184. The molecule has 1 atom stereocenters. The van der Waals surface area contributed by atoms with Gasteiger partial charge in [-0.3, -0.25) is 0 Å². The molecule has 6 heteroatoms. The molecule has 5 nitrogen and oxygen atoms in total. The summed E-state index contributed by atoms with van der Waals surface area (Å²) in [5, 5.41) is 3.01. The van der Waals surface area contributed by atoms with Crippen molar-refractivity contribution in [3.8, 4) is 0 Å². The molecule has 1 aliphatic rings. The molecular weight excluding hydrogens is 240 g/mol. The Morgan fingerprint density at radius 3 is 2.76 bits per heavy atom. The Bertz CT molecular complexity index is 287. The summed E-state index contributed by atoms with van der Waals surface area (Å²) in [5.74, 6) is 0.762. The number of sulfonamides is 1. The van der Waals surface area contributed by atoms with Crippen LogP contribution in [0.25, 0.3) is 0 Å². The highest BCUT2D eigenvalue weighted by Crippen LogP contribution is 2.15. The van der Waals surface area contributed by atoms with E-state index in [9.17, 15) is 8.42 Å². The SMILES string of the molecule is CNCCCCS(=O)(=O)NCCC1CCOC1. The van der Waals surface area contributed by atoms with Crippen LogP contribution >= 0.6 is 0 Å². The van der Waals surface area contributed by atoms with E-state index in [1.54, 1.807) is 0 Å². The molecule has 1 heterocycles. The van der Waals surface area contributed by atoms with Gasteiger partial charge in [0.1, 0.15) is 0 Å². The highest BCUT2D eigenvalue weighted by atomic mass is 32.2. The Labute approximate surface area is 104 Å². The lowest BCUT2D eigenvalue weighted by Crippen LogP contribution is -2.29. The summed E-state index contributed by atoms with van der Waals surface area (Å²) in [6.07, 6.45) is 3.55. The van der Waals surface area contributed by atoms with Crippen LogP contribution in [0.4, 0.5) is 0 Å². The molecule has 0 radical (unpaired) electrons. The van der Waals surface area contributed by atoms with Crippen LogP contribution in [-0.2, 0) is 14.8 Å². The van der Waals surface area contributed by atoms with Gasteiger partial charge in [0.25, 0.3) is 0 Å². The topological polar surface area (TPSA) is 67.4 Å². The molecule has 0 bridgehead atoms. The Morgan fingerprint density at radius 2 is 2.12 bits per heavy atom. The van der Waals surface area contributed by atoms with E-state index in [0.717, 1.165) is 39.0 Å². The normalized spacial score (nSPS) is 20.9. The number of unbranched alkanes of at least 4 members (excludes halogenated alkanes) is 1. The second-order valence-electron chi connectivity index (χ2n) is 4.54. The van der Waals surface area contributed by atoms with Crippen molar-refractivity contribution in [2.24, 2.45) is 5.92 Å². The van der Waals surface area contributed by atoms with Gasteiger partial charge >= 0.3 is 0 Å². The molecular formula is C11H24N2O3S. The fourth-order valence-electron chi connectivity index (χ4n) is 1.90. The van der Waals surface area contributed by atoms with E-state index in [1.165, 1.54) is 0 Å². The van der Waals surface area contributed by atoms with E-state index in [0.29, 0.717) is 18.9 Å². The van der Waals surface area contributed by atoms with Gasteiger partial charge in [0.2, 0.25) is 10.0 Å². The van der Waals surface area contributed by atoms with Crippen molar-refractivity contribution in [2.75, 3.05) is 39.1 Å². The molecule has 0 amide bonds. The Morgan fingerprint density at radius 1 is 1.29 bits per heavy atom. The molecule has 0 aromatic rings. The zero-order valence-corrected chi connectivity index (χ0v) is 11.4. The third-order valence-corrected chi connectivity index (χ3v) is 4.46. The minimum absolute atomic E-state index is 0.232. The van der Waals surface area contributed by atoms with Gasteiger partial charge in [-0.15, -0.1) is 0 Å². The number of rotatable bonds is 9. The van der Waals surface area contributed by atoms with E-state index in [2.05, 4.69) is 10.0 Å². The van der Waals surface area contributed by atoms with Gasteiger partial charge in [-0.25, -0.2) is 13.1 Å². The fraction of sp³-hybridized carbons (Fsp3) is 1.00. The molecule has 17 heavy (non-hydrogen) atoms. The smallest absolute Gasteiger partial charge is 0.211 e. The van der Waals surface area contributed by atoms with Crippen molar-refractivity contribution < 1.29 is 13.2 Å². The minimum Gasteiger partial charge on any atom is -0.381 e. The summed E-state index contributed by atoms with van der Waals surface area (Å²) in [6.45, 7) is 3.02. The molecule has 0 aromatic heterocycles. The largest absolute Gasteiger partial charge is 0.381 e. The molecule has 0 spiro atoms. The van der Waals surface area contributed by atoms with E-state index in [1.807, 2.05) is 7.05 Å². The highest BCUT2D eigenvalue weighted by molar-refractivity contribution is 7.89. The number of nitrogens with one attached hydrogen (secondary N) is 2. The zero-order chi connectivity index (χ0) is 12.6. The van der Waals surface area contributed by atoms with Gasteiger partial charge in [0.15, 0.2) is 0 Å². The first-order chi connectivity index (χ1) is 8.14. The molecule has 0 saturated carbocycles. The number of hydrogen-bond acceptors (Lipinski definition) is 4. The van der Waals surface area contributed by atoms with E-state index >= 15 is 0 Å². The summed E-state index contributed by atoms with van der Waals surface area (Å²) in [6, 6.07) is 0. The van der Waals surface area contributed by atoms with Gasteiger partial charge in [-0.1, -0.05) is 0 Å². The maximum absolute atomic E-state index is 11.6. The van der Waals surface area contributed by atoms with Crippen molar-refractivity contribution in [1.29, 1.82) is 0 Å². The maximum Gasteiger partial charge on any atom is 0.211 e. The third-order valence-electron chi connectivity index (χ3n) is 2.99. The van der Waals surface area contributed by atoms with Crippen molar-refractivity contribution in [2.45, 2.75) is 25.7 Å². The summed E-state index contributed by atoms with van der Waals surface area (Å²) in [5.41, 5.74) is 0. The highest BCUT2D eigenvalue weighted by Gasteiger charge is 2.16. The van der Waals surface area contributed by atoms with Crippen LogP contribution in [-0.4, -0.2) is 47.5 Å². The third kappa shape index (κ3) is 6.98. The average molecular weight is 264 g/mol. The summed E-state index contributed by atoms with van der Waals surface area (Å²) >= 11 is 0. The van der Waals surface area contributed by atoms with Crippen LogP contribution in [0.3, 0.4) is 0 Å². The maximum atomic E-state index is 11.6. The second-order valence-corrected chi connectivity index (χ2v) is 6.47. The Kier molecular flexibility index (Phi) is 7.03. The molecule has 1 aliphatic heterocycles. The monoisotopic (exact) mass is 264 g/mol. The van der Waals surface area contributed by atoms with Gasteiger partial charge in [0.05, 0.1) is 5.75 Å². The molecule has 1 unspecified atom stereocenters. The predicted octanol–water partition coefficient (Wildman–Crippen LogP) is 0.332. The Balaban J connectivity index is 2.06. The van der Waals surface area contributed by atoms with Crippen LogP contribution in [0, 0.1) is 5.92 Å². The number of hydrogen-bond donors (Lipinski definition) is 2. The van der Waals surface area contributed by atoms with Crippen LogP contribution in [0.2, 0.25) is 0 Å². The van der Waals surface area contributed by atoms with E-state index < -0.39 is 10.0 Å². The van der Waals surface area contributed by atoms with Crippen LogP contribution in [0.1, 0.15) is 25.7 Å². The average Bonchev–Trinajstić information content (AvgIpc) is 2.77. The van der Waals surface area contributed by atoms with Crippen molar-refractivity contribution in [1.82, 2.24) is 10.0 Å². The molecule has 0 aliphatic carbocycles. The van der Waals surface area contributed by atoms with Crippen LogP contribution < -0.4 is 10.0 Å². The predicted molar refractivity (Wildman–Crippen MR) is 68.5 cm³/mol. The van der Waals surface area contributed by atoms with Crippen LogP contribution in [0.5, 0.6) is 0 Å². The molecule has 2 N–H and O–H groups in total. The minimum atomic E-state index is -3.07. The summed E-state index contributed by atoms with van der Waals surface area (Å²) in [4.78, 5) is 0. The second kappa shape index (κ2) is 8.02. The van der Waals surface area contributed by atoms with Crippen molar-refractivity contribution in [3.63, 3.8) is 0 Å². The van der Waals surface area contributed by atoms with Crippen molar-refractivity contribution in [3.05, 3.63) is 0 Å². The van der Waals surface area contributed by atoms with E-state index in [4.69, 9.17) is 4.74 Å². The van der Waals surface area contributed by atoms with Gasteiger partial charge in [0, 0.05) is 19.8 Å². The van der Waals surface area contributed by atoms with Gasteiger partial charge < -0.3 is 10.1 Å². The standard InChI is InChI=1S/C11H24N2O3S/c1-12-6-2-3-9-17(14,15)13-7-4-11-5-8-16-10-11/h11-13H,2-10H2,1H3. The molecule has 102 valence electrons. The quantitative estimate of drug-likeness (QED) is 0.589. The van der Waals surface area contributed by atoms with Crippen LogP contribution in [0.15, 0.2) is 0 Å². The first kappa shape index (κ1) is 14.9. The lowest BCUT2D eigenvalue weighted by Gasteiger charge is -2.09. The first-order valence-electron chi connectivity index (χ1n) is 6.34. The van der Waals surface area contributed by atoms with Gasteiger partial charge in [-0.05, 0) is 45.2 Å². The fourth-order valence-corrected chi connectivity index (χ4v) is 3.05. The first-order valence-corrected chi connectivity index (χ1v) is 7.99. The zero-order valence-electron chi connectivity index (χ0n) is 10.6. The Hall–Kier alpha value is -0.170. The summed E-state index contributed by atoms with van der Waals surface area (Å²) in [7, 11) is -1.20. The van der Waals surface area contributed by atoms with E-state index in [-0.39, 0.29) is 5.75 Å². The molecule has 0 aromatic carbocycles. The summed E-state index contributed by atoms with van der Waals surface area (Å²) < 4.78 is 31.1. The molecule has 1 rings (SSSR count). The van der Waals surface area contributed by atoms with Gasteiger partial charge in [-0.2, -0.15) is 0 Å². The molecule has 1 saturated heterocycles. The lowest BCUT2D eigenvalue weighted by atomic mass is 10.1.